The Labute approximate surface area is 112 Å². The third kappa shape index (κ3) is 4.00. The van der Waals surface area contributed by atoms with Crippen LogP contribution < -0.4 is 0 Å². The number of halogens is 2. The highest BCUT2D eigenvalue weighted by Crippen LogP contribution is 2.20. The van der Waals surface area contributed by atoms with Crippen LogP contribution in [0.2, 0.25) is 5.02 Å². The minimum Gasteiger partial charge on any atom is -0.234 e. The molecule has 0 radical (unpaired) electrons. The van der Waals surface area contributed by atoms with Gasteiger partial charge in [-0.05, 0) is 32.9 Å². The van der Waals surface area contributed by atoms with E-state index < -0.39 is 11.0 Å². The van der Waals surface area contributed by atoms with Gasteiger partial charge in [-0.1, -0.05) is 33.6 Å². The van der Waals surface area contributed by atoms with Crippen molar-refractivity contribution in [2.45, 2.75) is 25.5 Å². The highest BCUT2D eigenvalue weighted by molar-refractivity contribution is 9.10. The number of rotatable bonds is 2. The molecule has 88 valence electrons. The zero-order chi connectivity index (χ0) is 12.3. The fourth-order valence-electron chi connectivity index (χ4n) is 0.869. The Morgan fingerprint density at radius 2 is 2.06 bits per heavy atom. The number of hydrogen-bond acceptors (Lipinski definition) is 1. The SMILES string of the molecule is CC(C)(C)[S@@](=O)N=Cc1ccc(Cl)cc1Br. The lowest BCUT2D eigenvalue weighted by Crippen LogP contribution is -2.19. The van der Waals surface area contributed by atoms with Crippen molar-refractivity contribution < 1.29 is 4.21 Å². The largest absolute Gasteiger partial charge is 0.234 e. The van der Waals surface area contributed by atoms with Crippen LogP contribution in [-0.4, -0.2) is 15.2 Å². The lowest BCUT2D eigenvalue weighted by Gasteiger charge is -2.12. The van der Waals surface area contributed by atoms with E-state index in [9.17, 15) is 4.21 Å². The second-order valence-corrected chi connectivity index (χ2v) is 7.49. The maximum Gasteiger partial charge on any atom is 0.144 e. The average Bonchev–Trinajstić information content (AvgIpc) is 2.14. The maximum atomic E-state index is 11.7. The van der Waals surface area contributed by atoms with E-state index in [-0.39, 0.29) is 4.75 Å². The van der Waals surface area contributed by atoms with Crippen LogP contribution in [0, 0.1) is 0 Å². The van der Waals surface area contributed by atoms with Gasteiger partial charge in [0.25, 0.3) is 0 Å². The van der Waals surface area contributed by atoms with Crippen molar-refractivity contribution in [3.63, 3.8) is 0 Å². The summed E-state index contributed by atoms with van der Waals surface area (Å²) in [5.41, 5.74) is 0.863. The molecule has 1 aromatic rings. The summed E-state index contributed by atoms with van der Waals surface area (Å²) in [7, 11) is -1.24. The summed E-state index contributed by atoms with van der Waals surface area (Å²) in [4.78, 5) is 0. The monoisotopic (exact) mass is 321 g/mol. The van der Waals surface area contributed by atoms with Crippen molar-refractivity contribution in [1.29, 1.82) is 0 Å². The van der Waals surface area contributed by atoms with Gasteiger partial charge in [0.15, 0.2) is 0 Å². The molecule has 1 rings (SSSR count). The number of benzene rings is 1. The minimum absolute atomic E-state index is 0.338. The van der Waals surface area contributed by atoms with Crippen LogP contribution in [0.3, 0.4) is 0 Å². The normalized spacial score (nSPS) is 14.3. The van der Waals surface area contributed by atoms with E-state index in [0.29, 0.717) is 5.02 Å². The molecule has 0 aliphatic rings. The molecule has 0 spiro atoms. The van der Waals surface area contributed by atoms with Gasteiger partial charge in [0.1, 0.15) is 11.0 Å². The van der Waals surface area contributed by atoms with Gasteiger partial charge in [0, 0.05) is 21.3 Å². The van der Waals surface area contributed by atoms with Crippen molar-refractivity contribution in [1.82, 2.24) is 0 Å². The van der Waals surface area contributed by atoms with Crippen molar-refractivity contribution >= 4 is 44.7 Å². The molecule has 0 fully saturated rings. The second kappa shape index (κ2) is 5.43. The van der Waals surface area contributed by atoms with E-state index in [2.05, 4.69) is 20.3 Å². The fourth-order valence-corrected chi connectivity index (χ4v) is 2.18. The molecule has 1 aromatic carbocycles. The Balaban J connectivity index is 2.89. The molecule has 5 heteroatoms. The van der Waals surface area contributed by atoms with Crippen LogP contribution in [0.1, 0.15) is 26.3 Å². The van der Waals surface area contributed by atoms with Crippen LogP contribution in [0.4, 0.5) is 0 Å². The van der Waals surface area contributed by atoms with E-state index in [1.165, 1.54) is 0 Å². The minimum atomic E-state index is -1.24. The Morgan fingerprint density at radius 3 is 2.56 bits per heavy atom. The smallest absolute Gasteiger partial charge is 0.144 e. The van der Waals surface area contributed by atoms with Gasteiger partial charge in [0.2, 0.25) is 0 Å². The Kier molecular flexibility index (Phi) is 4.71. The molecule has 0 aliphatic carbocycles. The van der Waals surface area contributed by atoms with Crippen molar-refractivity contribution in [2.75, 3.05) is 0 Å². The summed E-state index contributed by atoms with van der Waals surface area (Å²) >= 11 is 9.19. The quantitative estimate of drug-likeness (QED) is 0.757. The zero-order valence-corrected chi connectivity index (χ0v) is 12.5. The summed E-state index contributed by atoms with van der Waals surface area (Å²) in [6.45, 7) is 5.66. The van der Waals surface area contributed by atoms with Crippen LogP contribution in [-0.2, 0) is 11.0 Å². The molecule has 0 saturated carbocycles. The third-order valence-corrected chi connectivity index (χ3v) is 4.04. The molecule has 0 bridgehead atoms. The lowest BCUT2D eigenvalue weighted by atomic mass is 10.2. The first-order valence-electron chi connectivity index (χ1n) is 4.72. The van der Waals surface area contributed by atoms with E-state index in [4.69, 9.17) is 11.6 Å². The van der Waals surface area contributed by atoms with Gasteiger partial charge in [0.05, 0.1) is 4.75 Å². The molecule has 0 N–H and O–H groups in total. The summed E-state index contributed by atoms with van der Waals surface area (Å²) in [5.74, 6) is 0. The van der Waals surface area contributed by atoms with E-state index in [1.54, 1.807) is 18.3 Å². The Morgan fingerprint density at radius 1 is 1.44 bits per heavy atom. The van der Waals surface area contributed by atoms with Gasteiger partial charge < -0.3 is 0 Å². The van der Waals surface area contributed by atoms with Crippen molar-refractivity contribution in [3.8, 4) is 0 Å². The molecule has 0 aromatic heterocycles. The average molecular weight is 323 g/mol. The molecule has 1 atom stereocenters. The second-order valence-electron chi connectivity index (χ2n) is 4.26. The van der Waals surface area contributed by atoms with E-state index in [1.807, 2.05) is 26.8 Å². The van der Waals surface area contributed by atoms with E-state index in [0.717, 1.165) is 10.0 Å². The van der Waals surface area contributed by atoms with Crippen molar-refractivity contribution in [2.24, 2.45) is 4.40 Å². The first kappa shape index (κ1) is 13.9. The highest BCUT2D eigenvalue weighted by atomic mass is 79.9. The van der Waals surface area contributed by atoms with Crippen LogP contribution in [0.25, 0.3) is 0 Å². The Bertz CT molecular complexity index is 440. The molecule has 0 aliphatic heterocycles. The summed E-state index contributed by atoms with van der Waals surface area (Å²) < 4.78 is 16.2. The lowest BCUT2D eigenvalue weighted by molar-refractivity contribution is 0.651. The van der Waals surface area contributed by atoms with E-state index >= 15 is 0 Å². The fraction of sp³-hybridized carbons (Fsp3) is 0.364. The molecule has 0 amide bonds. The van der Waals surface area contributed by atoms with Crippen LogP contribution in [0.5, 0.6) is 0 Å². The predicted octanol–water partition coefficient (Wildman–Crippen LogP) is 3.98. The number of hydrogen-bond donors (Lipinski definition) is 0. The maximum absolute atomic E-state index is 11.7. The summed E-state index contributed by atoms with van der Waals surface area (Å²) in [6.07, 6.45) is 1.60. The highest BCUT2D eigenvalue weighted by Gasteiger charge is 2.18. The standard InChI is InChI=1S/C11H13BrClNOS/c1-11(2,3)16(15)14-7-8-4-5-9(13)6-10(8)12/h4-7H,1-3H3/t16-/m1/s1. The molecule has 0 heterocycles. The molecule has 16 heavy (non-hydrogen) atoms. The molecular formula is C11H13BrClNOS. The zero-order valence-electron chi connectivity index (χ0n) is 9.33. The van der Waals surface area contributed by atoms with Crippen LogP contribution >= 0.6 is 27.5 Å². The Hall–Kier alpha value is -0.190. The third-order valence-electron chi connectivity index (χ3n) is 1.77. The van der Waals surface area contributed by atoms with Gasteiger partial charge in [-0.2, -0.15) is 4.40 Å². The molecule has 2 nitrogen and oxygen atoms in total. The topological polar surface area (TPSA) is 29.4 Å². The van der Waals surface area contributed by atoms with Gasteiger partial charge in [-0.15, -0.1) is 0 Å². The summed E-state index contributed by atoms with van der Waals surface area (Å²) in [6, 6.07) is 5.38. The first-order valence-corrected chi connectivity index (χ1v) is 6.99. The van der Waals surface area contributed by atoms with Gasteiger partial charge >= 0.3 is 0 Å². The molecule has 0 saturated heterocycles. The van der Waals surface area contributed by atoms with Gasteiger partial charge in [-0.25, -0.2) is 4.21 Å². The van der Waals surface area contributed by atoms with Crippen molar-refractivity contribution in [3.05, 3.63) is 33.3 Å². The first-order chi connectivity index (χ1) is 7.30. The number of nitrogens with zero attached hydrogens (tertiary/aromatic N) is 1. The molecular weight excluding hydrogens is 310 g/mol. The van der Waals surface area contributed by atoms with Gasteiger partial charge in [-0.3, -0.25) is 0 Å². The van der Waals surface area contributed by atoms with Crippen LogP contribution in [0.15, 0.2) is 27.1 Å². The molecule has 0 unspecified atom stereocenters. The summed E-state index contributed by atoms with van der Waals surface area (Å²) in [5, 5.41) is 0.654. The predicted molar refractivity (Wildman–Crippen MR) is 74.6 cm³/mol.